The second-order valence-electron chi connectivity index (χ2n) is 4.86. The summed E-state index contributed by atoms with van der Waals surface area (Å²) in [6.45, 7) is 2.28. The number of benzene rings is 2. The highest BCUT2D eigenvalue weighted by Gasteiger charge is 2.13. The number of nitrogens with zero attached hydrogens (tertiary/aromatic N) is 1. The summed E-state index contributed by atoms with van der Waals surface area (Å²) in [6.07, 6.45) is 1.41. The number of hydrogen-bond donors (Lipinski definition) is 1. The van der Waals surface area contributed by atoms with Gasteiger partial charge in [0.1, 0.15) is 17.4 Å². The van der Waals surface area contributed by atoms with Gasteiger partial charge in [0.05, 0.1) is 17.3 Å². The lowest BCUT2D eigenvalue weighted by Crippen LogP contribution is -2.13. The first-order valence-electron chi connectivity index (χ1n) is 7.25. The van der Waals surface area contributed by atoms with Gasteiger partial charge in [0, 0.05) is 15.6 Å². The van der Waals surface area contributed by atoms with Gasteiger partial charge in [0.2, 0.25) is 0 Å². The van der Waals surface area contributed by atoms with Crippen LogP contribution in [0, 0.1) is 11.3 Å². The van der Waals surface area contributed by atoms with Gasteiger partial charge in [-0.05, 0) is 49.4 Å². The van der Waals surface area contributed by atoms with Crippen LogP contribution in [-0.2, 0) is 4.79 Å². The van der Waals surface area contributed by atoms with Gasteiger partial charge in [0.25, 0.3) is 5.91 Å². The maximum absolute atomic E-state index is 12.4. The molecule has 0 saturated carbocycles. The largest absolute Gasteiger partial charge is 0.493 e. The Kier molecular flexibility index (Phi) is 6.72. The lowest BCUT2D eigenvalue weighted by atomic mass is 10.1. The zero-order chi connectivity index (χ0) is 18.4. The average Bonchev–Trinajstić information content (AvgIpc) is 2.57. The molecule has 0 aromatic heterocycles. The Hall–Kier alpha value is -2.19. The summed E-state index contributed by atoms with van der Waals surface area (Å²) in [5.41, 5.74) is 0.769. The third-order valence-corrected chi connectivity index (χ3v) is 3.90. The number of nitriles is 1. The Bertz CT molecular complexity index is 873. The van der Waals surface area contributed by atoms with Crippen molar-refractivity contribution in [3.8, 4) is 11.8 Å². The van der Waals surface area contributed by atoms with Crippen LogP contribution in [0.25, 0.3) is 6.08 Å². The van der Waals surface area contributed by atoms with E-state index in [4.69, 9.17) is 39.5 Å². The number of ether oxygens (including phenoxy) is 1. The summed E-state index contributed by atoms with van der Waals surface area (Å²) < 4.78 is 5.49. The quantitative estimate of drug-likeness (QED) is 0.530. The molecule has 2 rings (SSSR count). The van der Waals surface area contributed by atoms with E-state index in [0.29, 0.717) is 33.7 Å². The third-order valence-electron chi connectivity index (χ3n) is 3.12. The molecule has 0 bridgehead atoms. The molecular weight excluding hydrogens is 383 g/mol. The Morgan fingerprint density at radius 3 is 2.52 bits per heavy atom. The normalized spacial score (nSPS) is 10.9. The fraction of sp³-hybridized carbons (Fsp3) is 0.111. The van der Waals surface area contributed by atoms with Crippen molar-refractivity contribution in [1.82, 2.24) is 0 Å². The summed E-state index contributed by atoms with van der Waals surface area (Å²) in [4.78, 5) is 12.4. The third kappa shape index (κ3) is 5.14. The number of halogens is 3. The molecule has 1 amide bonds. The molecule has 0 unspecified atom stereocenters. The molecule has 0 spiro atoms. The summed E-state index contributed by atoms with van der Waals surface area (Å²) >= 11 is 17.8. The zero-order valence-electron chi connectivity index (χ0n) is 13.1. The van der Waals surface area contributed by atoms with E-state index in [2.05, 4.69) is 5.32 Å². The van der Waals surface area contributed by atoms with Crippen LogP contribution in [0.15, 0.2) is 42.0 Å². The van der Waals surface area contributed by atoms with Crippen LogP contribution >= 0.6 is 34.8 Å². The minimum atomic E-state index is -0.603. The van der Waals surface area contributed by atoms with E-state index >= 15 is 0 Å². The fourth-order valence-corrected chi connectivity index (χ4v) is 2.64. The van der Waals surface area contributed by atoms with Crippen LogP contribution in [0.4, 0.5) is 5.69 Å². The minimum absolute atomic E-state index is 0.116. The number of hydrogen-bond acceptors (Lipinski definition) is 3. The molecule has 128 valence electrons. The van der Waals surface area contributed by atoms with Crippen LogP contribution in [0.5, 0.6) is 5.75 Å². The Morgan fingerprint density at radius 1 is 1.20 bits per heavy atom. The molecular formula is C18H13Cl3N2O2. The number of nitrogens with one attached hydrogen (secondary N) is 1. The first-order chi connectivity index (χ1) is 11.9. The van der Waals surface area contributed by atoms with Gasteiger partial charge < -0.3 is 10.1 Å². The summed E-state index contributed by atoms with van der Waals surface area (Å²) in [5, 5.41) is 13.1. The predicted molar refractivity (Wildman–Crippen MR) is 101 cm³/mol. The molecule has 0 atom stereocenters. The van der Waals surface area contributed by atoms with Crippen LogP contribution in [-0.4, -0.2) is 12.5 Å². The molecule has 0 aliphatic rings. The Balaban J connectivity index is 2.32. The molecule has 2 aromatic carbocycles. The molecule has 4 nitrogen and oxygen atoms in total. The van der Waals surface area contributed by atoms with E-state index in [1.54, 1.807) is 30.3 Å². The van der Waals surface area contributed by atoms with Crippen molar-refractivity contribution in [3.63, 3.8) is 0 Å². The van der Waals surface area contributed by atoms with Crippen LogP contribution in [0.2, 0.25) is 15.1 Å². The second-order valence-corrected chi connectivity index (χ2v) is 6.14. The first kappa shape index (κ1) is 19.1. The number of rotatable bonds is 5. The smallest absolute Gasteiger partial charge is 0.266 e. The summed E-state index contributed by atoms with van der Waals surface area (Å²) in [6, 6.07) is 11.5. The summed E-state index contributed by atoms with van der Waals surface area (Å²) in [5.74, 6) is -0.0777. The van der Waals surface area contributed by atoms with Gasteiger partial charge in [-0.25, -0.2) is 0 Å². The highest BCUT2D eigenvalue weighted by molar-refractivity contribution is 6.37. The van der Waals surface area contributed by atoms with Crippen molar-refractivity contribution >= 4 is 52.5 Å². The second kappa shape index (κ2) is 8.77. The van der Waals surface area contributed by atoms with Crippen LogP contribution in [0.3, 0.4) is 0 Å². The molecule has 0 radical (unpaired) electrons. The molecule has 25 heavy (non-hydrogen) atoms. The van der Waals surface area contributed by atoms with E-state index in [1.807, 2.05) is 13.0 Å². The van der Waals surface area contributed by atoms with Crippen molar-refractivity contribution in [1.29, 1.82) is 5.26 Å². The van der Waals surface area contributed by atoms with Crippen molar-refractivity contribution in [3.05, 3.63) is 62.6 Å². The topological polar surface area (TPSA) is 62.1 Å². The van der Waals surface area contributed by atoms with Crippen LogP contribution in [0.1, 0.15) is 12.5 Å². The van der Waals surface area contributed by atoms with Crippen molar-refractivity contribution in [2.75, 3.05) is 11.9 Å². The number of carbonyl (C=O) groups is 1. The van der Waals surface area contributed by atoms with E-state index in [9.17, 15) is 10.1 Å². The minimum Gasteiger partial charge on any atom is -0.493 e. The maximum Gasteiger partial charge on any atom is 0.266 e. The molecule has 0 aliphatic carbocycles. The molecule has 2 aromatic rings. The molecule has 0 heterocycles. The standard InChI is InChI=1S/C18H13Cl3N2O2/c1-2-25-17-6-4-13(19)8-11(17)7-12(10-22)18(24)23-16-5-3-14(20)9-15(16)21/h3-9H,2H2,1H3,(H,23,24)/b12-7-. The van der Waals surface area contributed by atoms with E-state index in [1.165, 1.54) is 12.1 Å². The predicted octanol–water partition coefficient (Wildman–Crippen LogP) is 5.59. The first-order valence-corrected chi connectivity index (χ1v) is 8.38. The van der Waals surface area contributed by atoms with Crippen molar-refractivity contribution in [2.45, 2.75) is 6.92 Å². The Morgan fingerprint density at radius 2 is 1.88 bits per heavy atom. The number of carbonyl (C=O) groups excluding carboxylic acids is 1. The lowest BCUT2D eigenvalue weighted by molar-refractivity contribution is -0.112. The Labute approximate surface area is 160 Å². The van der Waals surface area contributed by atoms with Gasteiger partial charge >= 0.3 is 0 Å². The van der Waals surface area contributed by atoms with E-state index in [0.717, 1.165) is 0 Å². The maximum atomic E-state index is 12.4. The molecule has 7 heteroatoms. The van der Waals surface area contributed by atoms with Gasteiger partial charge in [-0.1, -0.05) is 34.8 Å². The molecule has 0 saturated heterocycles. The molecule has 1 N–H and O–H groups in total. The lowest BCUT2D eigenvalue weighted by Gasteiger charge is -2.09. The number of anilines is 1. The van der Waals surface area contributed by atoms with E-state index < -0.39 is 5.91 Å². The fourth-order valence-electron chi connectivity index (χ4n) is 2.00. The summed E-state index contributed by atoms with van der Waals surface area (Å²) in [7, 11) is 0. The number of amides is 1. The van der Waals surface area contributed by atoms with Crippen molar-refractivity contribution in [2.24, 2.45) is 0 Å². The van der Waals surface area contributed by atoms with Crippen molar-refractivity contribution < 1.29 is 9.53 Å². The zero-order valence-corrected chi connectivity index (χ0v) is 15.4. The monoisotopic (exact) mass is 394 g/mol. The van der Waals surface area contributed by atoms with E-state index in [-0.39, 0.29) is 10.6 Å². The SMILES string of the molecule is CCOc1ccc(Cl)cc1/C=C(/C#N)C(=O)Nc1ccc(Cl)cc1Cl. The average molecular weight is 396 g/mol. The van der Waals surface area contributed by atoms with Gasteiger partial charge in [-0.2, -0.15) is 5.26 Å². The highest BCUT2D eigenvalue weighted by atomic mass is 35.5. The van der Waals surface area contributed by atoms with Crippen LogP contribution < -0.4 is 10.1 Å². The highest BCUT2D eigenvalue weighted by Crippen LogP contribution is 2.27. The van der Waals surface area contributed by atoms with Gasteiger partial charge in [0.15, 0.2) is 0 Å². The molecule has 0 fully saturated rings. The van der Waals surface area contributed by atoms with Gasteiger partial charge in [-0.15, -0.1) is 0 Å². The molecule has 0 aliphatic heterocycles. The van der Waals surface area contributed by atoms with Gasteiger partial charge in [-0.3, -0.25) is 4.79 Å².